The third kappa shape index (κ3) is 0.738. The largest absolute Gasteiger partial charge is 0.494 e. The molecule has 36 valence electrons. The van der Waals surface area contributed by atoms with E-state index < -0.39 is 0 Å². The van der Waals surface area contributed by atoms with E-state index in [9.17, 15) is 0 Å². The van der Waals surface area contributed by atoms with Gasteiger partial charge in [0.05, 0.1) is 13.3 Å². The number of nitrogens with one attached hydrogen (secondary N) is 1. The fraction of sp³-hybridized carbons (Fsp3) is 0.200. The number of aromatic amines is 1. The predicted octanol–water partition coefficient (Wildman–Crippen LogP) is 0.624. The van der Waals surface area contributed by atoms with Gasteiger partial charge in [-0.25, -0.2) is 0 Å². The van der Waals surface area contributed by atoms with Gasteiger partial charge in [-0.05, 0) is 0 Å². The van der Waals surface area contributed by atoms with E-state index in [0.29, 0.717) is 5.75 Å². The van der Waals surface area contributed by atoms with Gasteiger partial charge in [-0.1, -0.05) is 0 Å². The van der Waals surface area contributed by atoms with E-state index in [1.54, 1.807) is 13.2 Å². The Balaban J connectivity index is 2.76. The molecule has 0 spiro atoms. The molecule has 0 aliphatic rings. The molecule has 2 nitrogen and oxygen atoms in total. The van der Waals surface area contributed by atoms with Crippen LogP contribution in [0.5, 0.6) is 5.75 Å². The lowest BCUT2D eigenvalue weighted by Gasteiger charge is -1.85. The second-order valence-corrected chi connectivity index (χ2v) is 1.11. The molecule has 0 bridgehead atoms. The highest BCUT2D eigenvalue weighted by Gasteiger charge is 1.84. The first-order valence-corrected chi connectivity index (χ1v) is 1.94. The van der Waals surface area contributed by atoms with Gasteiger partial charge in [0, 0.05) is 6.07 Å². The average Bonchev–Trinajstić information content (AvgIpc) is 2.14. The summed E-state index contributed by atoms with van der Waals surface area (Å²) in [5.74, 6) is 0.694. The Bertz CT molecular complexity index is 123. The molecule has 0 aromatic carbocycles. The van der Waals surface area contributed by atoms with Gasteiger partial charge >= 0.3 is 0 Å². The molecule has 1 heterocycles. The van der Waals surface area contributed by atoms with E-state index in [-0.39, 0.29) is 0 Å². The van der Waals surface area contributed by atoms with Crippen LogP contribution < -0.4 is 4.74 Å². The lowest BCUT2D eigenvalue weighted by atomic mass is 10.6. The fourth-order valence-electron chi connectivity index (χ4n) is 0.345. The maximum absolute atomic E-state index is 4.74. The van der Waals surface area contributed by atoms with Crippen molar-refractivity contribution in [2.24, 2.45) is 0 Å². The second-order valence-electron chi connectivity index (χ2n) is 1.11. The fourth-order valence-corrected chi connectivity index (χ4v) is 0.345. The van der Waals surface area contributed by atoms with Crippen molar-refractivity contribution in [3.63, 3.8) is 0 Å². The molecule has 1 aromatic rings. The highest BCUT2D eigenvalue weighted by Crippen LogP contribution is 2.02. The van der Waals surface area contributed by atoms with Crippen molar-refractivity contribution in [1.82, 2.24) is 4.98 Å². The maximum atomic E-state index is 4.74. The van der Waals surface area contributed by atoms with E-state index in [4.69, 9.17) is 4.74 Å². The Kier molecular flexibility index (Phi) is 1.02. The third-order valence-electron chi connectivity index (χ3n) is 0.681. The zero-order valence-corrected chi connectivity index (χ0v) is 3.99. The summed E-state index contributed by atoms with van der Waals surface area (Å²) in [5, 5.41) is 0. The molecule has 0 saturated carbocycles. The van der Waals surface area contributed by atoms with Gasteiger partial charge in [0.15, 0.2) is 0 Å². The zero-order valence-electron chi connectivity index (χ0n) is 3.99. The molecule has 7 heavy (non-hydrogen) atoms. The zero-order chi connectivity index (χ0) is 5.11. The number of ether oxygens (including phenoxy) is 1. The Morgan fingerprint density at radius 1 is 1.86 bits per heavy atom. The quantitative estimate of drug-likeness (QED) is 0.543. The first kappa shape index (κ1) is 4.24. The highest BCUT2D eigenvalue weighted by atomic mass is 16.5. The number of rotatable bonds is 1. The first-order chi connectivity index (χ1) is 3.43. The van der Waals surface area contributed by atoms with Crippen LogP contribution in [0.1, 0.15) is 0 Å². The summed E-state index contributed by atoms with van der Waals surface area (Å²) in [5.41, 5.74) is 0. The molecule has 1 aromatic heterocycles. The topological polar surface area (TPSA) is 25.0 Å². The maximum Gasteiger partial charge on any atom is 0.146 e. The highest BCUT2D eigenvalue weighted by molar-refractivity contribution is 5.12. The molecule has 0 unspecified atom stereocenters. The van der Waals surface area contributed by atoms with Crippen LogP contribution in [0.2, 0.25) is 0 Å². The third-order valence-corrected chi connectivity index (χ3v) is 0.681. The van der Waals surface area contributed by atoms with Crippen LogP contribution in [-0.2, 0) is 0 Å². The van der Waals surface area contributed by atoms with Crippen molar-refractivity contribution < 1.29 is 4.74 Å². The lowest BCUT2D eigenvalue weighted by Crippen LogP contribution is -1.75. The Labute approximate surface area is 42.1 Å². The van der Waals surface area contributed by atoms with Crippen molar-refractivity contribution in [2.75, 3.05) is 7.11 Å². The molecular weight excluding hydrogens is 90.1 g/mol. The van der Waals surface area contributed by atoms with Crippen LogP contribution >= 0.6 is 0 Å². The van der Waals surface area contributed by atoms with Crippen molar-refractivity contribution in [1.29, 1.82) is 0 Å². The van der Waals surface area contributed by atoms with E-state index in [2.05, 4.69) is 17.4 Å². The van der Waals surface area contributed by atoms with Crippen molar-refractivity contribution in [3.05, 3.63) is 18.5 Å². The normalized spacial score (nSPS) is 8.71. The minimum absolute atomic E-state index is 0.694. The molecule has 0 saturated heterocycles. The van der Waals surface area contributed by atoms with Gasteiger partial charge < -0.3 is 9.72 Å². The van der Waals surface area contributed by atoms with Crippen LogP contribution in [-0.4, -0.2) is 12.1 Å². The Morgan fingerprint density at radius 2 is 2.71 bits per heavy atom. The first-order valence-electron chi connectivity index (χ1n) is 1.94. The van der Waals surface area contributed by atoms with E-state index in [1.165, 1.54) is 0 Å². The summed E-state index contributed by atoms with van der Waals surface area (Å²) >= 11 is 0. The van der Waals surface area contributed by atoms with Crippen molar-refractivity contribution >= 4 is 0 Å². The summed E-state index contributed by atoms with van der Waals surface area (Å²) in [6, 6.07) is 1.68. The number of aromatic nitrogens is 1. The van der Waals surface area contributed by atoms with E-state index >= 15 is 0 Å². The summed E-state index contributed by atoms with van der Waals surface area (Å²) in [7, 11) is 1.59. The molecule has 0 amide bonds. The minimum Gasteiger partial charge on any atom is -0.494 e. The van der Waals surface area contributed by atoms with E-state index in [1.807, 2.05) is 0 Å². The number of H-pyrrole nitrogens is 1. The molecule has 0 atom stereocenters. The van der Waals surface area contributed by atoms with Crippen LogP contribution in [0.4, 0.5) is 0 Å². The van der Waals surface area contributed by atoms with Crippen LogP contribution in [0, 0.1) is 12.4 Å². The summed E-state index contributed by atoms with van der Waals surface area (Å²) < 4.78 is 4.74. The van der Waals surface area contributed by atoms with Gasteiger partial charge in [-0.15, -0.1) is 0 Å². The SMILES string of the molecule is COc1[c][nH][c]c1. The van der Waals surface area contributed by atoms with Crippen molar-refractivity contribution in [2.45, 2.75) is 0 Å². The summed E-state index contributed by atoms with van der Waals surface area (Å²) in [6.45, 7) is 0. The van der Waals surface area contributed by atoms with Gasteiger partial charge in [0.1, 0.15) is 11.9 Å². The lowest BCUT2D eigenvalue weighted by molar-refractivity contribution is 0.414. The van der Waals surface area contributed by atoms with Gasteiger partial charge in [0.2, 0.25) is 0 Å². The minimum atomic E-state index is 0.694. The van der Waals surface area contributed by atoms with Crippen LogP contribution in [0.25, 0.3) is 0 Å². The number of methoxy groups -OCH3 is 1. The molecule has 0 aliphatic carbocycles. The molecule has 2 heteroatoms. The standard InChI is InChI=1S/C5H5NO/c1-7-5-2-3-6-4-5/h2,6H,1H3. The van der Waals surface area contributed by atoms with Crippen LogP contribution in [0.3, 0.4) is 0 Å². The number of hydrogen-bond donors (Lipinski definition) is 1. The molecular formula is C5H5NO. The summed E-state index contributed by atoms with van der Waals surface area (Å²) in [6.07, 6.45) is 5.36. The summed E-state index contributed by atoms with van der Waals surface area (Å²) in [4.78, 5) is 2.61. The smallest absolute Gasteiger partial charge is 0.146 e. The molecule has 0 aliphatic heterocycles. The molecule has 1 rings (SSSR count). The van der Waals surface area contributed by atoms with Gasteiger partial charge in [-0.2, -0.15) is 0 Å². The van der Waals surface area contributed by atoms with E-state index in [0.717, 1.165) is 0 Å². The average molecular weight is 95.1 g/mol. The van der Waals surface area contributed by atoms with Gasteiger partial charge in [-0.3, -0.25) is 0 Å². The second kappa shape index (κ2) is 1.69. The number of hydrogen-bond acceptors (Lipinski definition) is 1. The van der Waals surface area contributed by atoms with Gasteiger partial charge in [0.25, 0.3) is 0 Å². The molecule has 2 radical (unpaired) electrons. The molecule has 0 fully saturated rings. The van der Waals surface area contributed by atoms with Crippen LogP contribution in [0.15, 0.2) is 6.07 Å². The Hall–Kier alpha value is -0.920. The molecule has 1 N–H and O–H groups in total. The predicted molar refractivity (Wildman–Crippen MR) is 25.0 cm³/mol. The Morgan fingerprint density at radius 3 is 3.00 bits per heavy atom. The van der Waals surface area contributed by atoms with Crippen molar-refractivity contribution in [3.8, 4) is 5.75 Å². The monoisotopic (exact) mass is 95.0 g/mol.